The van der Waals surface area contributed by atoms with Gasteiger partial charge < -0.3 is 14.7 Å². The molecule has 0 aromatic rings. The maximum atomic E-state index is 12.2. The van der Waals surface area contributed by atoms with Crippen LogP contribution in [0, 0.1) is 0 Å². The van der Waals surface area contributed by atoms with Crippen LogP contribution in [0.3, 0.4) is 0 Å². The summed E-state index contributed by atoms with van der Waals surface area (Å²) >= 11 is 0. The molecule has 1 saturated heterocycles. The zero-order chi connectivity index (χ0) is 14.3. The molecule has 1 aliphatic heterocycles. The topological polar surface area (TPSA) is 53.0 Å². The molecule has 2 unspecified atom stereocenters. The van der Waals surface area contributed by atoms with E-state index in [9.17, 15) is 4.79 Å². The van der Waals surface area contributed by atoms with Crippen LogP contribution in [0.1, 0.15) is 6.92 Å². The van der Waals surface area contributed by atoms with E-state index >= 15 is 0 Å². The van der Waals surface area contributed by atoms with Crippen molar-refractivity contribution in [3.05, 3.63) is 25.3 Å². The van der Waals surface area contributed by atoms with Crippen molar-refractivity contribution < 1.29 is 14.6 Å². The Hall–Kier alpha value is -1.17. The van der Waals surface area contributed by atoms with Gasteiger partial charge in [0, 0.05) is 25.7 Å². The van der Waals surface area contributed by atoms with Crippen LogP contribution >= 0.6 is 0 Å². The van der Waals surface area contributed by atoms with E-state index in [1.165, 1.54) is 0 Å². The summed E-state index contributed by atoms with van der Waals surface area (Å²) in [5.41, 5.74) is 0. The van der Waals surface area contributed by atoms with Crippen LogP contribution in [0.4, 0.5) is 0 Å². The zero-order valence-electron chi connectivity index (χ0n) is 11.6. The van der Waals surface area contributed by atoms with Gasteiger partial charge in [0.2, 0.25) is 5.91 Å². The Bertz CT molecular complexity index is 310. The number of ether oxygens (including phenoxy) is 1. The van der Waals surface area contributed by atoms with E-state index in [1.54, 1.807) is 17.1 Å². The van der Waals surface area contributed by atoms with E-state index in [-0.39, 0.29) is 24.7 Å². The highest BCUT2D eigenvalue weighted by molar-refractivity contribution is 5.78. The molecule has 1 N–H and O–H groups in total. The highest BCUT2D eigenvalue weighted by atomic mass is 16.5. The maximum absolute atomic E-state index is 12.2. The van der Waals surface area contributed by atoms with Crippen molar-refractivity contribution in [2.75, 3.05) is 39.4 Å². The van der Waals surface area contributed by atoms with E-state index in [1.807, 2.05) is 11.8 Å². The molecule has 1 heterocycles. The standard InChI is InChI=1S/C14H24N2O3/c1-4-6-15(7-5-2)14(18)9-16-8-13(10-17)19-11-12(16)3/h4-5,12-13,17H,1-2,6-11H2,3H3. The SMILES string of the molecule is C=CCN(CC=C)C(=O)CN1CC(CO)OCC1C. The molecule has 5 nitrogen and oxygen atoms in total. The second-order valence-electron chi connectivity index (χ2n) is 4.79. The lowest BCUT2D eigenvalue weighted by Gasteiger charge is -2.37. The fourth-order valence-electron chi connectivity index (χ4n) is 2.07. The lowest BCUT2D eigenvalue weighted by Crippen LogP contribution is -2.53. The minimum absolute atomic E-state index is 0.0135. The summed E-state index contributed by atoms with van der Waals surface area (Å²) in [5, 5.41) is 9.13. The monoisotopic (exact) mass is 268 g/mol. The third-order valence-corrected chi connectivity index (χ3v) is 3.23. The number of aliphatic hydroxyl groups excluding tert-OH is 1. The van der Waals surface area contributed by atoms with Crippen LogP contribution in [-0.2, 0) is 9.53 Å². The summed E-state index contributed by atoms with van der Waals surface area (Å²) in [6.07, 6.45) is 3.22. The van der Waals surface area contributed by atoms with Crippen LogP contribution in [0.2, 0.25) is 0 Å². The average molecular weight is 268 g/mol. The van der Waals surface area contributed by atoms with E-state index in [0.717, 1.165) is 0 Å². The number of nitrogens with zero attached hydrogens (tertiary/aromatic N) is 2. The lowest BCUT2D eigenvalue weighted by atomic mass is 10.2. The Balaban J connectivity index is 2.56. The van der Waals surface area contributed by atoms with Gasteiger partial charge >= 0.3 is 0 Å². The molecule has 0 spiro atoms. The van der Waals surface area contributed by atoms with Gasteiger partial charge in [0.1, 0.15) is 0 Å². The van der Waals surface area contributed by atoms with Gasteiger partial charge in [-0.05, 0) is 6.92 Å². The fraction of sp³-hybridized carbons (Fsp3) is 0.643. The number of rotatable bonds is 7. The zero-order valence-corrected chi connectivity index (χ0v) is 11.6. The Kier molecular flexibility index (Phi) is 6.77. The molecule has 1 rings (SSSR count). The quantitative estimate of drug-likeness (QED) is 0.673. The van der Waals surface area contributed by atoms with Crippen LogP contribution in [0.25, 0.3) is 0 Å². The number of amides is 1. The van der Waals surface area contributed by atoms with Crippen molar-refractivity contribution in [2.45, 2.75) is 19.1 Å². The van der Waals surface area contributed by atoms with Crippen LogP contribution in [-0.4, -0.2) is 72.4 Å². The molecule has 0 saturated carbocycles. The van der Waals surface area contributed by atoms with Crippen molar-refractivity contribution in [1.82, 2.24) is 9.80 Å². The lowest BCUT2D eigenvalue weighted by molar-refractivity contribution is -0.136. The number of carbonyl (C=O) groups is 1. The van der Waals surface area contributed by atoms with E-state index in [0.29, 0.717) is 32.8 Å². The van der Waals surface area contributed by atoms with Crippen molar-refractivity contribution in [3.63, 3.8) is 0 Å². The van der Waals surface area contributed by atoms with Gasteiger partial charge in [0.15, 0.2) is 0 Å². The first-order valence-electron chi connectivity index (χ1n) is 6.58. The Morgan fingerprint density at radius 2 is 2.11 bits per heavy atom. The maximum Gasteiger partial charge on any atom is 0.237 e. The molecule has 108 valence electrons. The minimum Gasteiger partial charge on any atom is -0.394 e. The smallest absolute Gasteiger partial charge is 0.237 e. The Labute approximate surface area is 115 Å². The summed E-state index contributed by atoms with van der Waals surface area (Å²) in [6.45, 7) is 11.8. The third kappa shape index (κ3) is 4.78. The van der Waals surface area contributed by atoms with Gasteiger partial charge in [-0.2, -0.15) is 0 Å². The second-order valence-corrected chi connectivity index (χ2v) is 4.79. The molecule has 0 aliphatic carbocycles. The number of aliphatic hydroxyl groups is 1. The molecule has 0 aromatic heterocycles. The van der Waals surface area contributed by atoms with Crippen molar-refractivity contribution in [3.8, 4) is 0 Å². The predicted molar refractivity (Wildman–Crippen MR) is 74.8 cm³/mol. The largest absolute Gasteiger partial charge is 0.394 e. The highest BCUT2D eigenvalue weighted by Crippen LogP contribution is 2.11. The first kappa shape index (κ1) is 15.9. The Morgan fingerprint density at radius 3 is 2.63 bits per heavy atom. The summed E-state index contributed by atoms with van der Waals surface area (Å²) in [5.74, 6) is 0.0465. The summed E-state index contributed by atoms with van der Waals surface area (Å²) in [7, 11) is 0. The number of morpholine rings is 1. The molecule has 2 atom stereocenters. The van der Waals surface area contributed by atoms with E-state index < -0.39 is 0 Å². The number of hydrogen-bond donors (Lipinski definition) is 1. The molecule has 1 amide bonds. The summed E-state index contributed by atoms with van der Waals surface area (Å²) in [4.78, 5) is 16.0. The first-order chi connectivity index (χ1) is 9.12. The molecule has 19 heavy (non-hydrogen) atoms. The summed E-state index contributed by atoms with van der Waals surface area (Å²) in [6, 6.07) is 0.182. The van der Waals surface area contributed by atoms with Gasteiger partial charge in [0.05, 0.1) is 25.9 Å². The second kappa shape index (κ2) is 8.09. The molecule has 5 heteroatoms. The third-order valence-electron chi connectivity index (χ3n) is 3.23. The van der Waals surface area contributed by atoms with Crippen molar-refractivity contribution in [1.29, 1.82) is 0 Å². The van der Waals surface area contributed by atoms with Crippen molar-refractivity contribution in [2.24, 2.45) is 0 Å². The molecule has 1 aliphatic rings. The van der Waals surface area contributed by atoms with Crippen LogP contribution in [0.5, 0.6) is 0 Å². The molecular weight excluding hydrogens is 244 g/mol. The predicted octanol–water partition coefficient (Wildman–Crippen LogP) is 0.269. The van der Waals surface area contributed by atoms with Crippen LogP contribution in [0.15, 0.2) is 25.3 Å². The molecule has 0 bridgehead atoms. The molecule has 0 radical (unpaired) electrons. The first-order valence-corrected chi connectivity index (χ1v) is 6.58. The fourth-order valence-corrected chi connectivity index (χ4v) is 2.07. The number of hydrogen-bond acceptors (Lipinski definition) is 4. The van der Waals surface area contributed by atoms with Gasteiger partial charge in [0.25, 0.3) is 0 Å². The van der Waals surface area contributed by atoms with E-state index in [2.05, 4.69) is 13.2 Å². The minimum atomic E-state index is -0.198. The van der Waals surface area contributed by atoms with Gasteiger partial charge in [-0.15, -0.1) is 13.2 Å². The average Bonchev–Trinajstić information content (AvgIpc) is 2.41. The van der Waals surface area contributed by atoms with Gasteiger partial charge in [-0.3, -0.25) is 9.69 Å². The van der Waals surface area contributed by atoms with Gasteiger partial charge in [-0.25, -0.2) is 0 Å². The van der Waals surface area contributed by atoms with Crippen molar-refractivity contribution >= 4 is 5.91 Å². The van der Waals surface area contributed by atoms with Gasteiger partial charge in [-0.1, -0.05) is 12.2 Å². The van der Waals surface area contributed by atoms with Crippen LogP contribution < -0.4 is 0 Å². The van der Waals surface area contributed by atoms with E-state index in [4.69, 9.17) is 9.84 Å². The normalized spacial score (nSPS) is 23.9. The number of carbonyl (C=O) groups excluding carboxylic acids is 1. The summed E-state index contributed by atoms with van der Waals surface area (Å²) < 4.78 is 5.46. The molecular formula is C14H24N2O3. The molecule has 0 aromatic carbocycles. The highest BCUT2D eigenvalue weighted by Gasteiger charge is 2.28. The Morgan fingerprint density at radius 1 is 1.47 bits per heavy atom. The molecule has 1 fully saturated rings.